The van der Waals surface area contributed by atoms with Crippen LogP contribution in [0.15, 0.2) is 57.7 Å². The van der Waals surface area contributed by atoms with Gasteiger partial charge in [-0.2, -0.15) is 5.26 Å². The summed E-state index contributed by atoms with van der Waals surface area (Å²) < 4.78 is 5.15. The van der Waals surface area contributed by atoms with E-state index in [1.165, 1.54) is 0 Å². The number of nitrogens with zero attached hydrogens (tertiary/aromatic N) is 1. The number of rotatable bonds is 2. The molecule has 0 saturated carbocycles. The van der Waals surface area contributed by atoms with E-state index in [9.17, 15) is 15.2 Å². The van der Waals surface area contributed by atoms with Crippen molar-refractivity contribution in [3.8, 4) is 11.8 Å². The molecule has 0 unspecified atom stereocenters. The minimum absolute atomic E-state index is 0.0197. The van der Waals surface area contributed by atoms with Crippen LogP contribution in [-0.4, -0.2) is 5.11 Å². The number of nitriles is 1. The third-order valence-electron chi connectivity index (χ3n) is 3.30. The number of hydrogen-bond acceptors (Lipinski definition) is 4. The fourth-order valence-corrected chi connectivity index (χ4v) is 2.22. The van der Waals surface area contributed by atoms with Crippen molar-refractivity contribution in [3.05, 3.63) is 75.6 Å². The summed E-state index contributed by atoms with van der Waals surface area (Å²) >= 11 is 0. The first-order valence-corrected chi connectivity index (χ1v) is 6.62. The van der Waals surface area contributed by atoms with E-state index in [4.69, 9.17) is 4.42 Å². The molecule has 22 heavy (non-hydrogen) atoms. The molecule has 0 aliphatic rings. The van der Waals surface area contributed by atoms with E-state index >= 15 is 0 Å². The first kappa shape index (κ1) is 13.7. The van der Waals surface area contributed by atoms with Gasteiger partial charge in [-0.25, -0.2) is 4.79 Å². The van der Waals surface area contributed by atoms with Crippen LogP contribution in [0.4, 0.5) is 0 Å². The van der Waals surface area contributed by atoms with Crippen LogP contribution >= 0.6 is 0 Å². The highest BCUT2D eigenvalue weighted by molar-refractivity contribution is 5.91. The minimum atomic E-state index is -0.647. The van der Waals surface area contributed by atoms with Gasteiger partial charge in [0, 0.05) is 10.9 Å². The topological polar surface area (TPSA) is 74.2 Å². The molecule has 3 aromatic rings. The zero-order chi connectivity index (χ0) is 15.5. The van der Waals surface area contributed by atoms with Crippen LogP contribution in [0.5, 0.6) is 5.75 Å². The second-order valence-corrected chi connectivity index (χ2v) is 4.71. The van der Waals surface area contributed by atoms with E-state index in [0.29, 0.717) is 16.5 Å². The zero-order valence-electron chi connectivity index (χ0n) is 11.5. The average molecular weight is 289 g/mol. The Morgan fingerprint density at radius 1 is 1.05 bits per heavy atom. The lowest BCUT2D eigenvalue weighted by Crippen LogP contribution is -2.06. The third-order valence-corrected chi connectivity index (χ3v) is 3.30. The van der Waals surface area contributed by atoms with Gasteiger partial charge >= 0.3 is 5.63 Å². The summed E-state index contributed by atoms with van der Waals surface area (Å²) in [5.74, 6) is 0.181. The van der Waals surface area contributed by atoms with Crippen molar-refractivity contribution in [3.63, 3.8) is 0 Å². The average Bonchev–Trinajstić information content (AvgIpc) is 2.53. The maximum atomic E-state index is 11.9. The molecule has 1 N–H and O–H groups in total. The normalized spacial score (nSPS) is 10.9. The molecule has 0 radical (unpaired) electrons. The van der Waals surface area contributed by atoms with Crippen molar-refractivity contribution >= 4 is 23.1 Å². The van der Waals surface area contributed by atoms with Gasteiger partial charge in [-0.1, -0.05) is 42.5 Å². The molecule has 0 aliphatic heterocycles. The summed E-state index contributed by atoms with van der Waals surface area (Å²) in [5.41, 5.74) is 1.15. The number of benzene rings is 2. The molecule has 1 aromatic heterocycles. The third kappa shape index (κ3) is 2.48. The molecule has 4 heteroatoms. The fourth-order valence-electron chi connectivity index (χ4n) is 2.22. The number of hydrogen-bond donors (Lipinski definition) is 1. The Balaban J connectivity index is 2.19. The van der Waals surface area contributed by atoms with Gasteiger partial charge in [0.1, 0.15) is 23.0 Å². The summed E-state index contributed by atoms with van der Waals surface area (Å²) in [4.78, 5) is 11.9. The van der Waals surface area contributed by atoms with Crippen LogP contribution in [0.25, 0.3) is 23.1 Å². The number of fused-ring (bicyclic) bond motifs is 1. The minimum Gasteiger partial charge on any atom is -0.508 e. The predicted octanol–water partition coefficient (Wildman–Crippen LogP) is 3.54. The van der Waals surface area contributed by atoms with Crippen molar-refractivity contribution < 1.29 is 9.52 Å². The summed E-state index contributed by atoms with van der Waals surface area (Å²) in [6.07, 6.45) is 3.49. The van der Waals surface area contributed by atoms with Crippen molar-refractivity contribution in [1.29, 1.82) is 5.26 Å². The fraction of sp³-hybridized carbons (Fsp3) is 0. The number of para-hydroxylation sites is 1. The molecular formula is C18H11NO3. The Hall–Kier alpha value is -3.32. The highest BCUT2D eigenvalue weighted by Crippen LogP contribution is 2.22. The van der Waals surface area contributed by atoms with Crippen LogP contribution in [0, 0.1) is 11.3 Å². The lowest BCUT2D eigenvalue weighted by atomic mass is 10.0. The van der Waals surface area contributed by atoms with Gasteiger partial charge in [0.25, 0.3) is 0 Å². The van der Waals surface area contributed by atoms with Gasteiger partial charge in [-0.15, -0.1) is 0 Å². The van der Waals surface area contributed by atoms with E-state index in [0.717, 1.165) is 5.56 Å². The monoisotopic (exact) mass is 289 g/mol. The lowest BCUT2D eigenvalue weighted by Gasteiger charge is -2.03. The molecule has 0 amide bonds. The number of phenolic OH excluding ortho intramolecular Hbond substituents is 1. The molecule has 0 atom stereocenters. The summed E-state index contributed by atoms with van der Waals surface area (Å²) in [6.45, 7) is 0. The van der Waals surface area contributed by atoms with Gasteiger partial charge in [0.2, 0.25) is 0 Å². The van der Waals surface area contributed by atoms with Crippen molar-refractivity contribution in [1.82, 2.24) is 0 Å². The molecule has 4 nitrogen and oxygen atoms in total. The van der Waals surface area contributed by atoms with E-state index in [-0.39, 0.29) is 11.3 Å². The molecule has 0 saturated heterocycles. The quantitative estimate of drug-likeness (QED) is 0.732. The Labute approximate surface area is 126 Å². The van der Waals surface area contributed by atoms with Crippen LogP contribution in [0.3, 0.4) is 0 Å². The highest BCUT2D eigenvalue weighted by Gasteiger charge is 2.11. The Kier molecular flexibility index (Phi) is 3.47. The van der Waals surface area contributed by atoms with Gasteiger partial charge in [0.15, 0.2) is 0 Å². The first-order valence-electron chi connectivity index (χ1n) is 6.62. The Morgan fingerprint density at radius 3 is 2.50 bits per heavy atom. The molecule has 0 spiro atoms. The molecule has 3 rings (SSSR count). The SMILES string of the molecule is N#Cc1c(/C=C/c2ccc(O)cc2)c2ccccc2oc1=O. The predicted molar refractivity (Wildman–Crippen MR) is 84.2 cm³/mol. The summed E-state index contributed by atoms with van der Waals surface area (Å²) in [7, 11) is 0. The van der Waals surface area contributed by atoms with E-state index in [1.807, 2.05) is 12.1 Å². The lowest BCUT2D eigenvalue weighted by molar-refractivity contribution is 0.475. The van der Waals surface area contributed by atoms with E-state index in [1.54, 1.807) is 54.6 Å². The van der Waals surface area contributed by atoms with Gasteiger partial charge in [-0.05, 0) is 23.8 Å². The second kappa shape index (κ2) is 5.58. The smallest absolute Gasteiger partial charge is 0.354 e. The largest absolute Gasteiger partial charge is 0.508 e. The molecule has 2 aromatic carbocycles. The van der Waals surface area contributed by atoms with Crippen molar-refractivity contribution in [2.45, 2.75) is 0 Å². The van der Waals surface area contributed by atoms with Gasteiger partial charge in [-0.3, -0.25) is 0 Å². The van der Waals surface area contributed by atoms with Crippen molar-refractivity contribution in [2.75, 3.05) is 0 Å². The van der Waals surface area contributed by atoms with Crippen LogP contribution < -0.4 is 5.63 Å². The molecular weight excluding hydrogens is 278 g/mol. The van der Waals surface area contributed by atoms with Crippen LogP contribution in [0.2, 0.25) is 0 Å². The standard InChI is InChI=1S/C18H11NO3/c19-11-16-14(10-7-12-5-8-13(20)9-6-12)15-3-1-2-4-17(15)22-18(16)21/h1-10,20H/b10-7+. The first-order chi connectivity index (χ1) is 10.7. The number of phenols is 1. The molecule has 106 valence electrons. The molecule has 0 aliphatic carbocycles. The molecule has 0 fully saturated rings. The molecule has 0 bridgehead atoms. The zero-order valence-corrected chi connectivity index (χ0v) is 11.5. The van der Waals surface area contributed by atoms with Gasteiger partial charge < -0.3 is 9.52 Å². The van der Waals surface area contributed by atoms with E-state index < -0.39 is 5.63 Å². The van der Waals surface area contributed by atoms with Gasteiger partial charge in [0.05, 0.1) is 0 Å². The summed E-state index contributed by atoms with van der Waals surface area (Å²) in [6, 6.07) is 15.6. The Morgan fingerprint density at radius 2 is 1.77 bits per heavy atom. The Bertz CT molecular complexity index is 960. The molecule has 1 heterocycles. The maximum Gasteiger partial charge on any atom is 0.354 e. The summed E-state index contributed by atoms with van der Waals surface area (Å²) in [5, 5.41) is 19.2. The van der Waals surface area contributed by atoms with Crippen LogP contribution in [-0.2, 0) is 0 Å². The van der Waals surface area contributed by atoms with E-state index in [2.05, 4.69) is 0 Å². The van der Waals surface area contributed by atoms with Crippen molar-refractivity contribution in [2.24, 2.45) is 0 Å². The second-order valence-electron chi connectivity index (χ2n) is 4.71. The van der Waals surface area contributed by atoms with Crippen LogP contribution in [0.1, 0.15) is 16.7 Å². The number of aromatic hydroxyl groups is 1. The highest BCUT2D eigenvalue weighted by atomic mass is 16.4. The maximum absolute atomic E-state index is 11.9.